The van der Waals surface area contributed by atoms with E-state index in [2.05, 4.69) is 5.16 Å². The first kappa shape index (κ1) is 45.9. The largest absolute Gasteiger partial charge is 0.497 e. The fourth-order valence-corrected chi connectivity index (χ4v) is 10.1. The molecule has 0 spiro atoms. The first-order valence-electron chi connectivity index (χ1n) is 21.7. The Labute approximate surface area is 377 Å². The molecule has 0 radical (unpaired) electrons. The highest BCUT2D eigenvalue weighted by molar-refractivity contribution is 7.93. The van der Waals surface area contributed by atoms with Crippen LogP contribution in [0.15, 0.2) is 64.0 Å². The van der Waals surface area contributed by atoms with E-state index < -0.39 is 34.1 Å². The molecule has 1 aliphatic carbocycles. The number of ether oxygens (including phenoxy) is 6. The number of hydrogen-bond donors (Lipinski definition) is 0. The molecular formula is C46H56F2N6O10S. The Bertz CT molecular complexity index is 2580. The molecule has 0 bridgehead atoms. The van der Waals surface area contributed by atoms with Crippen LogP contribution in [0.5, 0.6) is 23.0 Å². The van der Waals surface area contributed by atoms with Crippen LogP contribution in [-0.2, 0) is 32.6 Å². The van der Waals surface area contributed by atoms with Gasteiger partial charge in [-0.3, -0.25) is 4.90 Å². The van der Waals surface area contributed by atoms with Crippen molar-refractivity contribution in [3.8, 4) is 23.0 Å². The van der Waals surface area contributed by atoms with Gasteiger partial charge in [-0.1, -0.05) is 17.3 Å². The van der Waals surface area contributed by atoms with E-state index in [1.807, 2.05) is 15.6 Å². The van der Waals surface area contributed by atoms with Gasteiger partial charge in [0.15, 0.2) is 28.3 Å². The molecule has 0 N–H and O–H groups in total. The number of carbonyl (C=O) groups is 1. The molecule has 4 heterocycles. The van der Waals surface area contributed by atoms with Crippen molar-refractivity contribution < 1.29 is 54.9 Å². The highest BCUT2D eigenvalue weighted by Gasteiger charge is 2.39. The van der Waals surface area contributed by atoms with Gasteiger partial charge in [0.05, 0.1) is 46.1 Å². The number of benzene rings is 3. The molecule has 2 aliphatic heterocycles. The number of likely N-dealkylation sites (tertiary alicyclic amines) is 1. The zero-order valence-corrected chi connectivity index (χ0v) is 38.5. The number of methoxy groups -OCH3 is 4. The Morgan fingerprint density at radius 1 is 0.892 bits per heavy atom. The fraction of sp³-hybridized carbons (Fsp3) is 0.500. The first-order valence-corrected chi connectivity index (χ1v) is 23.2. The van der Waals surface area contributed by atoms with Crippen molar-refractivity contribution in [3.63, 3.8) is 0 Å². The smallest absolute Gasteiger partial charge is 0.420 e. The quantitative estimate of drug-likeness (QED) is 0.0923. The highest BCUT2D eigenvalue weighted by Crippen LogP contribution is 2.47. The number of amides is 1. The van der Waals surface area contributed by atoms with Gasteiger partial charge in [0.1, 0.15) is 28.6 Å². The lowest BCUT2D eigenvalue weighted by Crippen LogP contribution is -2.34. The summed E-state index contributed by atoms with van der Waals surface area (Å²) in [7, 11) is 1.02. The number of anilines is 3. The average Bonchev–Trinajstić information content (AvgIpc) is 3.64. The summed E-state index contributed by atoms with van der Waals surface area (Å²) in [6.45, 7) is 6.63. The van der Waals surface area contributed by atoms with Crippen LogP contribution in [-0.4, -0.2) is 94.5 Å². The van der Waals surface area contributed by atoms with Crippen molar-refractivity contribution >= 4 is 44.4 Å². The zero-order valence-electron chi connectivity index (χ0n) is 37.7. The SMILES string of the molecule is COc1ccc(CN(c2noc3cc(N(C(=O)OC(C)(C)C)c4cc(C5CC5)n(C5CCCCO5)n4)c(OC)cc23)S(=O)(=O)c2c(OC)cc(CN3CC[C@@H](C(F)F)C3)cc2OC)cc1. The van der Waals surface area contributed by atoms with Gasteiger partial charge in [0, 0.05) is 49.4 Å². The van der Waals surface area contributed by atoms with Crippen molar-refractivity contribution in [2.24, 2.45) is 5.92 Å². The van der Waals surface area contributed by atoms with Crippen molar-refractivity contribution in [1.29, 1.82) is 0 Å². The van der Waals surface area contributed by atoms with Gasteiger partial charge in [-0.15, -0.1) is 0 Å². The minimum Gasteiger partial charge on any atom is -0.497 e. The molecule has 3 aliphatic rings. The Balaban J connectivity index is 1.24. The molecule has 1 saturated carbocycles. The lowest BCUT2D eigenvalue weighted by molar-refractivity contribution is -0.0410. The van der Waals surface area contributed by atoms with Crippen molar-refractivity contribution in [2.45, 2.75) is 101 Å². The van der Waals surface area contributed by atoms with Crippen LogP contribution < -0.4 is 28.2 Å². The summed E-state index contributed by atoms with van der Waals surface area (Å²) in [6, 6.07) is 15.0. The lowest BCUT2D eigenvalue weighted by atomic mass is 10.1. The summed E-state index contributed by atoms with van der Waals surface area (Å²) in [5.74, 6) is 0.417. The van der Waals surface area contributed by atoms with Crippen LogP contribution in [0.1, 0.15) is 88.3 Å². The standard InChI is InChI=1S/C46H56F2N6O10S/c1-46(2,3)63-45(55)53(40-24-34(30-13-14-30)54(49-40)41-10-8-9-19-62-41)35-23-36-33(22-37(35)59-5)44(50-64-36)52(26-28-11-15-32(58-4)16-12-28)65(56,57)42-38(60-6)20-29(21-39(42)61-7)25-51-18-17-31(27-51)43(47)48/h11-12,15-16,20-24,30-31,41,43H,8-10,13-14,17-19,25-27H2,1-7H3/t31-,41?/m1/s1. The van der Waals surface area contributed by atoms with E-state index in [9.17, 15) is 13.6 Å². The van der Waals surface area contributed by atoms with Crippen molar-refractivity contribution in [3.05, 3.63) is 71.4 Å². The van der Waals surface area contributed by atoms with Crippen LogP contribution in [0.2, 0.25) is 0 Å². The number of sulfonamides is 1. The summed E-state index contributed by atoms with van der Waals surface area (Å²) in [4.78, 5) is 17.3. The summed E-state index contributed by atoms with van der Waals surface area (Å²) in [6.07, 6.45) is 1.62. The first-order chi connectivity index (χ1) is 31.1. The topological polar surface area (TPSA) is 160 Å². The van der Waals surface area contributed by atoms with Crippen LogP contribution in [0, 0.1) is 5.92 Å². The molecule has 350 valence electrons. The van der Waals surface area contributed by atoms with Crippen molar-refractivity contribution in [1.82, 2.24) is 19.8 Å². The third-order valence-electron chi connectivity index (χ3n) is 11.8. The number of aromatic nitrogens is 3. The average molecular weight is 923 g/mol. The highest BCUT2D eigenvalue weighted by atomic mass is 32.2. The predicted octanol–water partition coefficient (Wildman–Crippen LogP) is 9.19. The van der Waals surface area contributed by atoms with Crippen LogP contribution in [0.3, 0.4) is 0 Å². The van der Waals surface area contributed by atoms with Gasteiger partial charge >= 0.3 is 6.09 Å². The second kappa shape index (κ2) is 18.7. The minimum atomic E-state index is -4.65. The van der Waals surface area contributed by atoms with E-state index in [1.165, 1.54) is 33.3 Å². The predicted molar refractivity (Wildman–Crippen MR) is 237 cm³/mol. The summed E-state index contributed by atoms with van der Waals surface area (Å²) >= 11 is 0. The molecule has 5 aromatic rings. The molecule has 1 amide bonds. The van der Waals surface area contributed by atoms with Gasteiger partial charge in [-0.05, 0) is 107 Å². The van der Waals surface area contributed by atoms with Gasteiger partial charge in [-0.25, -0.2) is 35.9 Å². The number of alkyl halides is 2. The molecule has 1 unspecified atom stereocenters. The van der Waals surface area contributed by atoms with E-state index >= 15 is 8.42 Å². The Hall–Kier alpha value is -5.66. The van der Waals surface area contributed by atoms with Gasteiger partial charge in [0.25, 0.3) is 10.0 Å². The molecular weight excluding hydrogens is 867 g/mol. The fourth-order valence-electron chi connectivity index (χ4n) is 8.45. The monoisotopic (exact) mass is 922 g/mol. The van der Waals surface area contributed by atoms with E-state index in [0.29, 0.717) is 36.4 Å². The van der Waals surface area contributed by atoms with Crippen LogP contribution in [0.4, 0.5) is 30.9 Å². The van der Waals surface area contributed by atoms with Gasteiger partial charge < -0.3 is 32.9 Å². The van der Waals surface area contributed by atoms with Crippen molar-refractivity contribution in [2.75, 3.05) is 57.3 Å². The maximum absolute atomic E-state index is 15.3. The molecule has 2 atom stereocenters. The Morgan fingerprint density at radius 3 is 2.18 bits per heavy atom. The zero-order chi connectivity index (χ0) is 46.2. The van der Waals surface area contributed by atoms with Gasteiger partial charge in [-0.2, -0.15) is 5.10 Å². The van der Waals surface area contributed by atoms with Crippen LogP contribution in [0.25, 0.3) is 11.0 Å². The van der Waals surface area contributed by atoms with Gasteiger partial charge in [0.2, 0.25) is 6.43 Å². The summed E-state index contributed by atoms with van der Waals surface area (Å²) in [5, 5.41) is 9.59. The summed E-state index contributed by atoms with van der Waals surface area (Å²) < 4.78 is 102. The number of rotatable bonds is 16. The van der Waals surface area contributed by atoms with E-state index in [0.717, 1.165) is 42.1 Å². The number of fused-ring (bicyclic) bond motifs is 1. The van der Waals surface area contributed by atoms with E-state index in [-0.39, 0.29) is 82.2 Å². The van der Waals surface area contributed by atoms with Crippen LogP contribution >= 0.6 is 0 Å². The van der Waals surface area contributed by atoms with E-state index in [4.69, 9.17) is 38.0 Å². The third kappa shape index (κ3) is 9.68. The summed E-state index contributed by atoms with van der Waals surface area (Å²) in [5.41, 5.74) is 1.60. The normalized spacial score (nSPS) is 18.2. The molecule has 2 aromatic heterocycles. The minimum absolute atomic E-state index is 0.0204. The maximum atomic E-state index is 15.3. The number of halogens is 2. The second-order valence-corrected chi connectivity index (χ2v) is 19.4. The van der Waals surface area contributed by atoms with E-state index in [1.54, 1.807) is 69.3 Å². The molecule has 65 heavy (non-hydrogen) atoms. The molecule has 16 nitrogen and oxygen atoms in total. The molecule has 19 heteroatoms. The number of hydrogen-bond acceptors (Lipinski definition) is 13. The Morgan fingerprint density at radius 2 is 1.60 bits per heavy atom. The molecule has 2 saturated heterocycles. The number of nitrogens with zero attached hydrogens (tertiary/aromatic N) is 6. The number of carbonyl (C=O) groups excluding carboxylic acids is 1. The Kier molecular flexibility index (Phi) is 13.2. The third-order valence-corrected chi connectivity index (χ3v) is 13.6. The molecule has 3 fully saturated rings. The molecule has 3 aromatic carbocycles. The maximum Gasteiger partial charge on any atom is 0.420 e. The molecule has 8 rings (SSSR count). The lowest BCUT2D eigenvalue weighted by Gasteiger charge is -2.27. The second-order valence-electron chi connectivity index (χ2n) is 17.6.